The van der Waals surface area contributed by atoms with Crippen LogP contribution in [0.25, 0.3) is 0 Å². The van der Waals surface area contributed by atoms with Crippen LogP contribution >= 0.6 is 0 Å². The quantitative estimate of drug-likeness (QED) is 0.840. The van der Waals surface area contributed by atoms with Crippen LogP contribution in [0.1, 0.15) is 29.5 Å². The van der Waals surface area contributed by atoms with E-state index in [2.05, 4.69) is 5.32 Å². The summed E-state index contributed by atoms with van der Waals surface area (Å²) in [6.45, 7) is 5.69. The number of hydrogen-bond donors (Lipinski definition) is 2. The highest BCUT2D eigenvalue weighted by atomic mass is 16.5. The van der Waals surface area contributed by atoms with E-state index in [-0.39, 0.29) is 12.5 Å². The van der Waals surface area contributed by atoms with E-state index in [1.807, 2.05) is 32.9 Å². The van der Waals surface area contributed by atoms with Gasteiger partial charge in [-0.25, -0.2) is 4.79 Å². The van der Waals surface area contributed by atoms with Gasteiger partial charge in [0.1, 0.15) is 11.8 Å². The molecule has 5 heteroatoms. The lowest BCUT2D eigenvalue weighted by molar-refractivity contribution is -0.142. The average Bonchev–Trinajstić information content (AvgIpc) is 3.18. The largest absolute Gasteiger partial charge is 0.483 e. The van der Waals surface area contributed by atoms with Crippen molar-refractivity contribution in [2.45, 2.75) is 39.7 Å². The molecule has 2 N–H and O–H groups in total. The third-order valence-corrected chi connectivity index (χ3v) is 3.63. The molecule has 2 rings (SSSR count). The Kier molecular flexibility index (Phi) is 4.50. The topological polar surface area (TPSA) is 75.6 Å². The molecule has 1 fully saturated rings. The van der Waals surface area contributed by atoms with E-state index in [1.165, 1.54) is 0 Å². The summed E-state index contributed by atoms with van der Waals surface area (Å²) in [5.41, 5.74) is 3.08. The van der Waals surface area contributed by atoms with Crippen molar-refractivity contribution < 1.29 is 19.4 Å². The van der Waals surface area contributed by atoms with Crippen LogP contribution in [0.4, 0.5) is 0 Å². The Bertz CT molecular complexity index is 540. The highest BCUT2D eigenvalue weighted by Crippen LogP contribution is 2.32. The van der Waals surface area contributed by atoms with Gasteiger partial charge in [-0.15, -0.1) is 0 Å². The Morgan fingerprint density at radius 3 is 2.33 bits per heavy atom. The van der Waals surface area contributed by atoms with E-state index in [4.69, 9.17) is 9.84 Å². The summed E-state index contributed by atoms with van der Waals surface area (Å²) >= 11 is 0. The van der Waals surface area contributed by atoms with E-state index in [9.17, 15) is 9.59 Å². The lowest BCUT2D eigenvalue weighted by Crippen LogP contribution is -2.44. The molecule has 5 nitrogen and oxygen atoms in total. The van der Waals surface area contributed by atoms with E-state index >= 15 is 0 Å². The Morgan fingerprint density at radius 1 is 1.29 bits per heavy atom. The lowest BCUT2D eigenvalue weighted by Gasteiger charge is -2.16. The lowest BCUT2D eigenvalue weighted by atomic mass is 10.1. The highest BCUT2D eigenvalue weighted by Gasteiger charge is 2.37. The van der Waals surface area contributed by atoms with Gasteiger partial charge in [-0.3, -0.25) is 4.79 Å². The summed E-state index contributed by atoms with van der Waals surface area (Å²) in [6.07, 6.45) is 1.71. The molecular weight excluding hydrogens is 270 g/mol. The second-order valence-electron chi connectivity index (χ2n) is 5.74. The van der Waals surface area contributed by atoms with Crippen molar-refractivity contribution >= 4 is 11.9 Å². The van der Waals surface area contributed by atoms with Gasteiger partial charge < -0.3 is 15.2 Å². The van der Waals surface area contributed by atoms with Crippen LogP contribution in [0, 0.1) is 26.7 Å². The normalized spacial score (nSPS) is 15.4. The fraction of sp³-hybridized carbons (Fsp3) is 0.500. The van der Waals surface area contributed by atoms with Crippen LogP contribution in [-0.2, 0) is 9.59 Å². The fourth-order valence-electron chi connectivity index (χ4n) is 2.56. The fourth-order valence-corrected chi connectivity index (χ4v) is 2.56. The average molecular weight is 291 g/mol. The van der Waals surface area contributed by atoms with Gasteiger partial charge in [0.15, 0.2) is 6.61 Å². The van der Waals surface area contributed by atoms with Gasteiger partial charge in [-0.1, -0.05) is 17.7 Å². The number of aliphatic carboxylic acids is 1. The Hall–Kier alpha value is -2.04. The van der Waals surface area contributed by atoms with E-state index in [1.54, 1.807) is 0 Å². The number of nitrogens with one attached hydrogen (secondary N) is 1. The molecule has 0 heterocycles. The van der Waals surface area contributed by atoms with Crippen molar-refractivity contribution in [1.82, 2.24) is 5.32 Å². The smallest absolute Gasteiger partial charge is 0.326 e. The number of carbonyl (C=O) groups is 2. The molecule has 0 bridgehead atoms. The number of benzene rings is 1. The van der Waals surface area contributed by atoms with Gasteiger partial charge in [-0.05, 0) is 50.7 Å². The van der Waals surface area contributed by atoms with Crippen molar-refractivity contribution in [3.63, 3.8) is 0 Å². The summed E-state index contributed by atoms with van der Waals surface area (Å²) in [5, 5.41) is 11.6. The zero-order valence-corrected chi connectivity index (χ0v) is 12.6. The maximum atomic E-state index is 11.9. The number of carbonyl (C=O) groups excluding carboxylic acids is 1. The summed E-state index contributed by atoms with van der Waals surface area (Å²) in [5.74, 6) is -0.620. The summed E-state index contributed by atoms with van der Waals surface area (Å²) < 4.78 is 5.56. The molecule has 1 unspecified atom stereocenters. The molecule has 0 saturated heterocycles. The van der Waals surface area contributed by atoms with Crippen LogP contribution in [0.15, 0.2) is 12.1 Å². The Balaban J connectivity index is 1.93. The van der Waals surface area contributed by atoms with E-state index in [0.29, 0.717) is 5.75 Å². The van der Waals surface area contributed by atoms with Crippen molar-refractivity contribution in [1.29, 1.82) is 0 Å². The zero-order chi connectivity index (χ0) is 15.6. The van der Waals surface area contributed by atoms with Crippen LogP contribution < -0.4 is 10.1 Å². The summed E-state index contributed by atoms with van der Waals surface area (Å²) in [6, 6.07) is 3.19. The van der Waals surface area contributed by atoms with Gasteiger partial charge in [0, 0.05) is 0 Å². The maximum absolute atomic E-state index is 11.9. The minimum atomic E-state index is -0.978. The predicted molar refractivity (Wildman–Crippen MR) is 78.4 cm³/mol. The first-order chi connectivity index (χ1) is 9.88. The minimum absolute atomic E-state index is 0.0642. The summed E-state index contributed by atoms with van der Waals surface area (Å²) in [4.78, 5) is 22.9. The van der Waals surface area contributed by atoms with Crippen molar-refractivity contribution in [2.75, 3.05) is 6.61 Å². The molecule has 1 aliphatic carbocycles. The third kappa shape index (κ3) is 3.97. The third-order valence-electron chi connectivity index (χ3n) is 3.63. The predicted octanol–water partition coefficient (Wildman–Crippen LogP) is 1.97. The number of ether oxygens (including phenoxy) is 1. The zero-order valence-electron chi connectivity index (χ0n) is 12.6. The molecule has 1 amide bonds. The standard InChI is InChI=1S/C16H21NO4/c1-9-6-10(2)15(11(3)7-9)21-8-13(18)17-14(16(19)20)12-4-5-12/h6-7,12,14H,4-5,8H2,1-3H3,(H,17,18)(H,19,20). The van der Waals surface area contributed by atoms with Gasteiger partial charge in [0.05, 0.1) is 0 Å². The second kappa shape index (κ2) is 6.16. The van der Waals surface area contributed by atoms with E-state index in [0.717, 1.165) is 29.5 Å². The monoisotopic (exact) mass is 291 g/mol. The molecule has 0 spiro atoms. The number of rotatable bonds is 6. The van der Waals surface area contributed by atoms with Crippen molar-refractivity contribution in [2.24, 2.45) is 5.92 Å². The first-order valence-corrected chi connectivity index (χ1v) is 7.11. The van der Waals surface area contributed by atoms with Crippen molar-refractivity contribution in [3.8, 4) is 5.75 Å². The SMILES string of the molecule is Cc1cc(C)c(OCC(=O)NC(C(=O)O)C2CC2)c(C)c1. The molecule has 1 saturated carbocycles. The van der Waals surface area contributed by atoms with Crippen LogP contribution in [-0.4, -0.2) is 29.6 Å². The molecule has 0 aromatic heterocycles. The minimum Gasteiger partial charge on any atom is -0.483 e. The molecule has 1 aliphatic rings. The van der Waals surface area contributed by atoms with Crippen molar-refractivity contribution in [3.05, 3.63) is 28.8 Å². The van der Waals surface area contributed by atoms with E-state index < -0.39 is 17.9 Å². The first kappa shape index (κ1) is 15.4. The molecule has 0 aliphatic heterocycles. The molecule has 21 heavy (non-hydrogen) atoms. The second-order valence-corrected chi connectivity index (χ2v) is 5.74. The molecular formula is C16H21NO4. The number of hydrogen-bond acceptors (Lipinski definition) is 3. The van der Waals surface area contributed by atoms with Gasteiger partial charge in [0.25, 0.3) is 5.91 Å². The molecule has 1 aromatic carbocycles. The Morgan fingerprint density at radius 2 is 1.86 bits per heavy atom. The highest BCUT2D eigenvalue weighted by molar-refractivity contribution is 5.84. The van der Waals surface area contributed by atoms with Gasteiger partial charge in [0.2, 0.25) is 0 Å². The van der Waals surface area contributed by atoms with Crippen LogP contribution in [0.5, 0.6) is 5.75 Å². The molecule has 0 radical (unpaired) electrons. The van der Waals surface area contributed by atoms with Gasteiger partial charge in [-0.2, -0.15) is 0 Å². The first-order valence-electron chi connectivity index (χ1n) is 7.11. The summed E-state index contributed by atoms with van der Waals surface area (Å²) in [7, 11) is 0. The molecule has 1 aromatic rings. The van der Waals surface area contributed by atoms with Gasteiger partial charge >= 0.3 is 5.97 Å². The number of aryl methyl sites for hydroxylation is 3. The Labute approximate surface area is 124 Å². The maximum Gasteiger partial charge on any atom is 0.326 e. The molecule has 114 valence electrons. The molecule has 1 atom stereocenters. The number of carboxylic acid groups (broad SMARTS) is 1. The van der Waals surface area contributed by atoms with Crippen LogP contribution in [0.3, 0.4) is 0 Å². The number of carboxylic acids is 1. The van der Waals surface area contributed by atoms with Crippen LogP contribution in [0.2, 0.25) is 0 Å². The number of amides is 1.